The Kier molecular flexibility index (Phi) is 8.95. The van der Waals surface area contributed by atoms with Crippen LogP contribution in [0.3, 0.4) is 0 Å². The van der Waals surface area contributed by atoms with E-state index in [1.807, 2.05) is 4.90 Å². The van der Waals surface area contributed by atoms with Crippen LogP contribution in [0.1, 0.15) is 41.0 Å². The van der Waals surface area contributed by atoms with Gasteiger partial charge in [-0.05, 0) is 45.7 Å². The van der Waals surface area contributed by atoms with E-state index in [9.17, 15) is 4.79 Å². The standard InChI is InChI=1S/C19H36N4O3/c1-12(2)10-22-16-7-8-23(11-17(16)25-6)18(21)15(9-14(5)20)19(24)26-13(3)4/h9,12-13,16-17,22H,7-8,10-11,20-21H2,1-6H3/b14-9-,18-15-. The molecular formula is C19H36N4O3. The summed E-state index contributed by atoms with van der Waals surface area (Å²) in [5.41, 5.74) is 12.9. The molecule has 7 heteroatoms. The van der Waals surface area contributed by atoms with Gasteiger partial charge in [0.25, 0.3) is 0 Å². The highest BCUT2D eigenvalue weighted by molar-refractivity contribution is 5.92. The van der Waals surface area contributed by atoms with Gasteiger partial charge in [-0.25, -0.2) is 4.79 Å². The number of carbonyl (C=O) groups excluding carboxylic acids is 1. The molecule has 1 fully saturated rings. The summed E-state index contributed by atoms with van der Waals surface area (Å²) in [6, 6.07) is 0.268. The van der Waals surface area contributed by atoms with Crippen LogP contribution in [-0.2, 0) is 14.3 Å². The van der Waals surface area contributed by atoms with E-state index in [0.717, 1.165) is 19.5 Å². The Hall–Kier alpha value is -1.73. The molecule has 1 aliphatic heterocycles. The number of rotatable bonds is 8. The van der Waals surface area contributed by atoms with E-state index in [4.69, 9.17) is 20.9 Å². The minimum Gasteiger partial charge on any atom is -0.459 e. The molecule has 1 heterocycles. The Morgan fingerprint density at radius 2 is 1.96 bits per heavy atom. The van der Waals surface area contributed by atoms with Gasteiger partial charge in [0.15, 0.2) is 0 Å². The molecule has 5 N–H and O–H groups in total. The lowest BCUT2D eigenvalue weighted by atomic mass is 10.00. The van der Waals surface area contributed by atoms with Crippen molar-refractivity contribution in [2.24, 2.45) is 17.4 Å². The van der Waals surface area contributed by atoms with E-state index >= 15 is 0 Å². The van der Waals surface area contributed by atoms with Gasteiger partial charge < -0.3 is 31.2 Å². The van der Waals surface area contributed by atoms with E-state index < -0.39 is 5.97 Å². The Morgan fingerprint density at radius 3 is 2.46 bits per heavy atom. The second-order valence-corrected chi connectivity index (χ2v) is 7.56. The zero-order valence-electron chi connectivity index (χ0n) is 17.0. The molecular weight excluding hydrogens is 332 g/mol. The second kappa shape index (κ2) is 10.4. The molecule has 0 aromatic rings. The zero-order valence-corrected chi connectivity index (χ0v) is 17.0. The van der Waals surface area contributed by atoms with Crippen LogP contribution in [0.25, 0.3) is 0 Å². The number of methoxy groups -OCH3 is 1. The molecule has 0 aliphatic carbocycles. The summed E-state index contributed by atoms with van der Waals surface area (Å²) in [7, 11) is 1.70. The van der Waals surface area contributed by atoms with Gasteiger partial charge in [-0.2, -0.15) is 0 Å². The van der Waals surface area contributed by atoms with E-state index in [1.165, 1.54) is 0 Å². The summed E-state index contributed by atoms with van der Waals surface area (Å²) in [5, 5.41) is 3.56. The minimum absolute atomic E-state index is 0.00799. The number of piperidine rings is 1. The summed E-state index contributed by atoms with van der Waals surface area (Å²) in [4.78, 5) is 14.4. The maximum atomic E-state index is 12.4. The van der Waals surface area contributed by atoms with Gasteiger partial charge in [0.1, 0.15) is 11.4 Å². The molecule has 0 amide bonds. The van der Waals surface area contributed by atoms with Crippen LogP contribution in [0.15, 0.2) is 23.2 Å². The summed E-state index contributed by atoms with van der Waals surface area (Å²) in [5.74, 6) is 0.492. The molecule has 150 valence electrons. The predicted octanol–water partition coefficient (Wildman–Crippen LogP) is 1.31. The maximum Gasteiger partial charge on any atom is 0.342 e. The molecule has 1 saturated heterocycles. The monoisotopic (exact) mass is 368 g/mol. The number of nitrogens with one attached hydrogen (secondary N) is 1. The van der Waals surface area contributed by atoms with Gasteiger partial charge in [0.2, 0.25) is 0 Å². The Bertz CT molecular complexity index is 525. The van der Waals surface area contributed by atoms with Gasteiger partial charge in [0, 0.05) is 31.9 Å². The first-order chi connectivity index (χ1) is 12.1. The number of hydrogen-bond donors (Lipinski definition) is 3. The largest absolute Gasteiger partial charge is 0.459 e. The minimum atomic E-state index is -0.462. The van der Waals surface area contributed by atoms with Crippen LogP contribution >= 0.6 is 0 Å². The van der Waals surface area contributed by atoms with E-state index in [-0.39, 0.29) is 18.2 Å². The average Bonchev–Trinajstić information content (AvgIpc) is 2.56. The van der Waals surface area contributed by atoms with Crippen molar-refractivity contribution in [2.45, 2.75) is 59.3 Å². The van der Waals surface area contributed by atoms with Gasteiger partial charge >= 0.3 is 5.97 Å². The van der Waals surface area contributed by atoms with E-state index in [1.54, 1.807) is 34.0 Å². The lowest BCUT2D eigenvalue weighted by molar-refractivity contribution is -0.142. The summed E-state index contributed by atoms with van der Waals surface area (Å²) in [6.07, 6.45) is 2.22. The van der Waals surface area contributed by atoms with Crippen LogP contribution in [-0.4, -0.2) is 55.9 Å². The summed E-state index contributed by atoms with van der Waals surface area (Å²) < 4.78 is 11.0. The first kappa shape index (κ1) is 22.3. The molecule has 1 rings (SSSR count). The highest BCUT2D eigenvalue weighted by atomic mass is 16.5. The third-order valence-corrected chi connectivity index (χ3v) is 4.20. The molecule has 0 aromatic heterocycles. The smallest absolute Gasteiger partial charge is 0.342 e. The topological polar surface area (TPSA) is 103 Å². The number of esters is 1. The SMILES string of the molecule is COC1CN(/C(N)=C(/C=C(/C)N)C(=O)OC(C)C)CCC1NCC(C)C. The quantitative estimate of drug-likeness (QED) is 0.337. The van der Waals surface area contributed by atoms with Crippen molar-refractivity contribution in [2.75, 3.05) is 26.7 Å². The maximum absolute atomic E-state index is 12.4. The molecule has 2 atom stereocenters. The van der Waals surface area contributed by atoms with Crippen molar-refractivity contribution >= 4 is 5.97 Å². The van der Waals surface area contributed by atoms with Crippen molar-refractivity contribution in [3.8, 4) is 0 Å². The first-order valence-electron chi connectivity index (χ1n) is 9.31. The molecule has 0 bridgehead atoms. The van der Waals surface area contributed by atoms with Crippen LogP contribution in [0.2, 0.25) is 0 Å². The number of nitrogens with two attached hydrogens (primary N) is 2. The number of likely N-dealkylation sites (tertiary alicyclic amines) is 1. The van der Waals surface area contributed by atoms with Crippen molar-refractivity contribution in [3.05, 3.63) is 23.2 Å². The Labute approximate surface area is 157 Å². The van der Waals surface area contributed by atoms with E-state index in [0.29, 0.717) is 29.6 Å². The van der Waals surface area contributed by atoms with E-state index in [2.05, 4.69) is 19.2 Å². The number of hydrogen-bond acceptors (Lipinski definition) is 7. The lowest BCUT2D eigenvalue weighted by Crippen LogP contribution is -2.54. The normalized spacial score (nSPS) is 22.6. The number of allylic oxidation sites excluding steroid dienone is 1. The Balaban J connectivity index is 2.97. The average molecular weight is 369 g/mol. The number of ether oxygens (including phenoxy) is 2. The van der Waals surface area contributed by atoms with Crippen molar-refractivity contribution in [3.63, 3.8) is 0 Å². The second-order valence-electron chi connectivity index (χ2n) is 7.56. The van der Waals surface area contributed by atoms with Gasteiger partial charge in [0.05, 0.1) is 12.2 Å². The fraction of sp³-hybridized carbons (Fsp3) is 0.737. The van der Waals surface area contributed by atoms with Crippen molar-refractivity contribution in [1.82, 2.24) is 10.2 Å². The van der Waals surface area contributed by atoms with Crippen molar-refractivity contribution < 1.29 is 14.3 Å². The first-order valence-corrected chi connectivity index (χ1v) is 9.31. The predicted molar refractivity (Wildman–Crippen MR) is 104 cm³/mol. The lowest BCUT2D eigenvalue weighted by Gasteiger charge is -2.40. The molecule has 0 spiro atoms. The third kappa shape index (κ3) is 6.88. The summed E-state index contributed by atoms with van der Waals surface area (Å²) >= 11 is 0. The highest BCUT2D eigenvalue weighted by Crippen LogP contribution is 2.20. The summed E-state index contributed by atoms with van der Waals surface area (Å²) in [6.45, 7) is 12.0. The number of nitrogens with zero attached hydrogens (tertiary/aromatic N) is 1. The van der Waals surface area contributed by atoms with Crippen LogP contribution in [0, 0.1) is 5.92 Å². The fourth-order valence-electron chi connectivity index (χ4n) is 2.91. The van der Waals surface area contributed by atoms with Crippen LogP contribution < -0.4 is 16.8 Å². The highest BCUT2D eigenvalue weighted by Gasteiger charge is 2.31. The van der Waals surface area contributed by atoms with Gasteiger partial charge in [-0.1, -0.05) is 13.8 Å². The van der Waals surface area contributed by atoms with Gasteiger partial charge in [-0.3, -0.25) is 0 Å². The zero-order chi connectivity index (χ0) is 19.9. The van der Waals surface area contributed by atoms with Gasteiger partial charge in [-0.15, -0.1) is 0 Å². The number of carbonyl (C=O) groups is 1. The molecule has 26 heavy (non-hydrogen) atoms. The molecule has 0 radical (unpaired) electrons. The van der Waals surface area contributed by atoms with Crippen LogP contribution in [0.4, 0.5) is 0 Å². The molecule has 1 aliphatic rings. The van der Waals surface area contributed by atoms with Crippen LogP contribution in [0.5, 0.6) is 0 Å². The third-order valence-electron chi connectivity index (χ3n) is 4.20. The molecule has 0 saturated carbocycles. The Morgan fingerprint density at radius 1 is 1.31 bits per heavy atom. The van der Waals surface area contributed by atoms with Crippen molar-refractivity contribution in [1.29, 1.82) is 0 Å². The molecule has 0 aromatic carbocycles. The molecule has 2 unspecified atom stereocenters. The molecule has 7 nitrogen and oxygen atoms in total. The fourth-order valence-corrected chi connectivity index (χ4v) is 2.91.